The molecule has 15 heavy (non-hydrogen) atoms. The van der Waals surface area contributed by atoms with E-state index in [0.717, 1.165) is 0 Å². The van der Waals surface area contributed by atoms with Crippen molar-refractivity contribution < 1.29 is 4.79 Å². The monoisotopic (exact) mass is 309 g/mol. The molecular formula is C8H6BrCl2N3O. The van der Waals surface area contributed by atoms with Gasteiger partial charge in [-0.25, -0.2) is 9.97 Å². The number of anilines is 1. The molecule has 1 amide bonds. The summed E-state index contributed by atoms with van der Waals surface area (Å²) in [7, 11) is 0. The van der Waals surface area contributed by atoms with Crippen LogP contribution in [0.25, 0.3) is 0 Å². The van der Waals surface area contributed by atoms with Crippen LogP contribution in [-0.2, 0) is 4.79 Å². The van der Waals surface area contributed by atoms with Crippen molar-refractivity contribution in [2.24, 2.45) is 0 Å². The summed E-state index contributed by atoms with van der Waals surface area (Å²) in [5.74, 6) is 0.388. The first-order chi connectivity index (χ1) is 7.08. The molecule has 4 nitrogen and oxygen atoms in total. The van der Waals surface area contributed by atoms with Gasteiger partial charge in [0.15, 0.2) is 11.0 Å². The van der Waals surface area contributed by atoms with Gasteiger partial charge >= 0.3 is 0 Å². The summed E-state index contributed by atoms with van der Waals surface area (Å²) in [5.41, 5.74) is 0. The minimum atomic E-state index is -0.165. The van der Waals surface area contributed by atoms with Crippen molar-refractivity contribution in [3.05, 3.63) is 16.0 Å². The van der Waals surface area contributed by atoms with Crippen molar-refractivity contribution in [1.82, 2.24) is 9.97 Å². The van der Waals surface area contributed by atoms with Crippen molar-refractivity contribution in [3.63, 3.8) is 0 Å². The number of carbonyl (C=O) groups excluding carboxylic acids is 1. The molecule has 0 radical (unpaired) electrons. The number of amides is 1. The van der Waals surface area contributed by atoms with Crippen LogP contribution >= 0.6 is 39.1 Å². The zero-order valence-corrected chi connectivity index (χ0v) is 10.6. The van der Waals surface area contributed by atoms with Gasteiger partial charge in [0.05, 0.1) is 11.6 Å². The first-order valence-corrected chi connectivity index (χ1v) is 5.81. The van der Waals surface area contributed by atoms with Crippen molar-refractivity contribution in [1.29, 1.82) is 0 Å². The Labute approximate surface area is 105 Å². The average Bonchev–Trinajstić information content (AvgIpc) is 2.50. The molecule has 1 aliphatic rings. The molecule has 0 saturated carbocycles. The first-order valence-electron chi connectivity index (χ1n) is 4.20. The molecule has 0 aromatic carbocycles. The number of rotatable bonds is 1. The largest absolute Gasteiger partial charge is 0.294 e. The van der Waals surface area contributed by atoms with Gasteiger partial charge in [-0.2, -0.15) is 0 Å². The summed E-state index contributed by atoms with van der Waals surface area (Å²) in [5, 5.41) is 0.0695. The Hall–Kier alpha value is -0.390. The fourth-order valence-corrected chi connectivity index (χ4v) is 1.96. The van der Waals surface area contributed by atoms with E-state index in [-0.39, 0.29) is 16.4 Å². The fraction of sp³-hybridized carbons (Fsp3) is 0.375. The number of hydrogen-bond donors (Lipinski definition) is 0. The highest BCUT2D eigenvalue weighted by Gasteiger charge is 2.30. The van der Waals surface area contributed by atoms with Gasteiger partial charge in [0.25, 0.3) is 0 Å². The van der Waals surface area contributed by atoms with E-state index in [0.29, 0.717) is 23.4 Å². The summed E-state index contributed by atoms with van der Waals surface area (Å²) < 4.78 is 0.460. The minimum Gasteiger partial charge on any atom is -0.294 e. The number of carbonyl (C=O) groups is 1. The molecule has 2 heterocycles. The van der Waals surface area contributed by atoms with Gasteiger partial charge in [-0.15, -0.1) is 11.6 Å². The summed E-state index contributed by atoms with van der Waals surface area (Å²) in [6.07, 6.45) is 1.82. The Morgan fingerprint density at radius 3 is 2.87 bits per heavy atom. The number of hydrogen-bond acceptors (Lipinski definition) is 3. The van der Waals surface area contributed by atoms with Crippen LogP contribution in [0, 0.1) is 0 Å². The zero-order valence-electron chi connectivity index (χ0n) is 7.45. The quantitative estimate of drug-likeness (QED) is 0.747. The molecule has 1 fully saturated rings. The third kappa shape index (κ3) is 2.24. The van der Waals surface area contributed by atoms with Crippen LogP contribution in [0.3, 0.4) is 0 Å². The second kappa shape index (κ2) is 4.23. The van der Waals surface area contributed by atoms with Gasteiger partial charge in [0.1, 0.15) is 4.60 Å². The van der Waals surface area contributed by atoms with Crippen LogP contribution in [0.4, 0.5) is 5.82 Å². The molecule has 0 aliphatic carbocycles. The van der Waals surface area contributed by atoms with Gasteiger partial charge in [-0.05, 0) is 15.9 Å². The number of nitrogens with zero attached hydrogens (tertiary/aromatic N) is 3. The van der Waals surface area contributed by atoms with Crippen LogP contribution in [0.2, 0.25) is 5.15 Å². The standard InChI is InChI=1S/C8H6BrCl2N3O/c9-7-8(11)13-5(2-12-7)14-3-4(10)1-6(14)15/h2,4H,1,3H2. The van der Waals surface area contributed by atoms with E-state index in [2.05, 4.69) is 25.9 Å². The molecule has 0 bridgehead atoms. The van der Waals surface area contributed by atoms with Crippen LogP contribution in [0.5, 0.6) is 0 Å². The van der Waals surface area contributed by atoms with E-state index in [1.165, 1.54) is 11.1 Å². The maximum Gasteiger partial charge on any atom is 0.229 e. The zero-order chi connectivity index (χ0) is 11.0. The van der Waals surface area contributed by atoms with Gasteiger partial charge in [-0.3, -0.25) is 9.69 Å². The Kier molecular flexibility index (Phi) is 3.13. The smallest absolute Gasteiger partial charge is 0.229 e. The lowest BCUT2D eigenvalue weighted by molar-refractivity contribution is -0.117. The molecule has 0 spiro atoms. The van der Waals surface area contributed by atoms with Crippen molar-refractivity contribution in [2.45, 2.75) is 11.8 Å². The van der Waals surface area contributed by atoms with Crippen LogP contribution in [-0.4, -0.2) is 27.8 Å². The van der Waals surface area contributed by atoms with E-state index in [4.69, 9.17) is 23.2 Å². The minimum absolute atomic E-state index is 0.0531. The normalized spacial score (nSPS) is 21.1. The van der Waals surface area contributed by atoms with E-state index in [9.17, 15) is 4.79 Å². The van der Waals surface area contributed by atoms with Crippen LogP contribution in [0.15, 0.2) is 10.8 Å². The lowest BCUT2D eigenvalue weighted by atomic mass is 10.4. The Morgan fingerprint density at radius 1 is 1.60 bits per heavy atom. The van der Waals surface area contributed by atoms with Crippen molar-refractivity contribution >= 4 is 50.9 Å². The van der Waals surface area contributed by atoms with Crippen LogP contribution in [0.1, 0.15) is 6.42 Å². The van der Waals surface area contributed by atoms with Crippen molar-refractivity contribution in [2.75, 3.05) is 11.4 Å². The fourth-order valence-electron chi connectivity index (χ4n) is 1.36. The molecule has 1 unspecified atom stereocenters. The molecular weight excluding hydrogens is 305 g/mol. The third-order valence-electron chi connectivity index (χ3n) is 2.03. The number of aromatic nitrogens is 2. The molecule has 1 saturated heterocycles. The highest BCUT2D eigenvalue weighted by atomic mass is 79.9. The summed E-state index contributed by atoms with van der Waals surface area (Å²) in [6.45, 7) is 0.451. The van der Waals surface area contributed by atoms with Crippen molar-refractivity contribution in [3.8, 4) is 0 Å². The second-order valence-corrected chi connectivity index (χ2v) is 4.84. The molecule has 0 N–H and O–H groups in total. The Morgan fingerprint density at radius 2 is 2.33 bits per heavy atom. The highest BCUT2D eigenvalue weighted by Crippen LogP contribution is 2.25. The molecule has 1 aromatic heterocycles. The Bertz CT molecular complexity index is 415. The van der Waals surface area contributed by atoms with E-state index in [1.807, 2.05) is 0 Å². The molecule has 7 heteroatoms. The Balaban J connectivity index is 2.30. The predicted octanol–water partition coefficient (Wildman–Crippen LogP) is 2.24. The lowest BCUT2D eigenvalue weighted by Crippen LogP contribution is -2.25. The summed E-state index contributed by atoms with van der Waals surface area (Å²) in [6, 6.07) is 0. The molecule has 80 valence electrons. The second-order valence-electron chi connectivity index (χ2n) is 3.12. The SMILES string of the molecule is O=C1CC(Cl)CN1c1cnc(Br)c(Cl)n1. The van der Waals surface area contributed by atoms with Crippen LogP contribution < -0.4 is 4.90 Å². The maximum absolute atomic E-state index is 11.5. The topological polar surface area (TPSA) is 46.1 Å². The van der Waals surface area contributed by atoms with Gasteiger partial charge in [-0.1, -0.05) is 11.6 Å². The molecule has 1 aliphatic heterocycles. The van der Waals surface area contributed by atoms with Gasteiger partial charge in [0.2, 0.25) is 5.91 Å². The summed E-state index contributed by atoms with van der Waals surface area (Å²) >= 11 is 14.8. The van der Waals surface area contributed by atoms with Gasteiger partial charge in [0, 0.05) is 13.0 Å². The van der Waals surface area contributed by atoms with E-state index < -0.39 is 0 Å². The van der Waals surface area contributed by atoms with E-state index in [1.54, 1.807) is 0 Å². The average molecular weight is 311 g/mol. The number of halogens is 3. The third-order valence-corrected chi connectivity index (χ3v) is 3.40. The summed E-state index contributed by atoms with van der Waals surface area (Å²) in [4.78, 5) is 21.0. The maximum atomic E-state index is 11.5. The highest BCUT2D eigenvalue weighted by molar-refractivity contribution is 9.10. The molecule has 2 rings (SSSR count). The predicted molar refractivity (Wildman–Crippen MR) is 61.4 cm³/mol. The molecule has 1 atom stereocenters. The number of alkyl halides is 1. The first kappa shape index (κ1) is 11.1. The lowest BCUT2D eigenvalue weighted by Gasteiger charge is -2.14. The molecule has 1 aromatic rings. The van der Waals surface area contributed by atoms with Gasteiger partial charge < -0.3 is 0 Å². The van der Waals surface area contributed by atoms with E-state index >= 15 is 0 Å².